The SMILES string of the molecule is O=C1CCC(N2Cc3cc(O[C@H]4CCCC[C@@H]4N4CC(c5ccc6cccnc6c5)C4)ccc3C2=O)C(=O)N1. The van der Waals surface area contributed by atoms with Crippen LogP contribution in [0.1, 0.15) is 65.9 Å². The summed E-state index contributed by atoms with van der Waals surface area (Å²) < 4.78 is 6.59. The number of pyridine rings is 1. The molecule has 0 bridgehead atoms. The lowest BCUT2D eigenvalue weighted by atomic mass is 9.84. The number of aromatic nitrogens is 1. The first-order valence-electron chi connectivity index (χ1n) is 14.1. The van der Waals surface area contributed by atoms with E-state index in [-0.39, 0.29) is 30.2 Å². The average molecular weight is 525 g/mol. The molecule has 3 fully saturated rings. The van der Waals surface area contributed by atoms with E-state index >= 15 is 0 Å². The van der Waals surface area contributed by atoms with Crippen LogP contribution in [0.5, 0.6) is 5.75 Å². The summed E-state index contributed by atoms with van der Waals surface area (Å²) in [5, 5.41) is 3.54. The third-order valence-electron chi connectivity index (χ3n) is 8.93. The number of imide groups is 1. The van der Waals surface area contributed by atoms with E-state index in [1.165, 1.54) is 17.4 Å². The second-order valence-corrected chi connectivity index (χ2v) is 11.3. The number of amides is 3. The maximum atomic E-state index is 13.0. The molecular formula is C31H32N4O4. The van der Waals surface area contributed by atoms with Crippen LogP contribution in [0.15, 0.2) is 54.7 Å². The predicted octanol–water partition coefficient (Wildman–Crippen LogP) is 3.79. The van der Waals surface area contributed by atoms with Gasteiger partial charge in [0.1, 0.15) is 17.9 Å². The van der Waals surface area contributed by atoms with Crippen LogP contribution in [-0.4, -0.2) is 63.8 Å². The topological polar surface area (TPSA) is 91.8 Å². The highest BCUT2D eigenvalue weighted by atomic mass is 16.5. The Morgan fingerprint density at radius 3 is 2.69 bits per heavy atom. The highest BCUT2D eigenvalue weighted by molar-refractivity contribution is 6.05. The van der Waals surface area contributed by atoms with Crippen molar-refractivity contribution in [3.05, 3.63) is 71.4 Å². The van der Waals surface area contributed by atoms with Crippen molar-refractivity contribution >= 4 is 28.6 Å². The molecule has 3 amide bonds. The number of hydrogen-bond donors (Lipinski definition) is 1. The number of nitrogens with zero attached hydrogens (tertiary/aromatic N) is 3. The van der Waals surface area contributed by atoms with Crippen molar-refractivity contribution in [3.63, 3.8) is 0 Å². The number of carbonyl (C=O) groups is 3. The first kappa shape index (κ1) is 24.3. The summed E-state index contributed by atoms with van der Waals surface area (Å²) >= 11 is 0. The van der Waals surface area contributed by atoms with Gasteiger partial charge < -0.3 is 9.64 Å². The fourth-order valence-electron chi connectivity index (χ4n) is 6.76. The monoisotopic (exact) mass is 524 g/mol. The van der Waals surface area contributed by atoms with Crippen LogP contribution in [0.25, 0.3) is 10.9 Å². The van der Waals surface area contributed by atoms with Crippen molar-refractivity contribution in [1.82, 2.24) is 20.1 Å². The molecule has 2 saturated heterocycles. The Morgan fingerprint density at radius 1 is 0.949 bits per heavy atom. The second-order valence-electron chi connectivity index (χ2n) is 11.3. The predicted molar refractivity (Wildman–Crippen MR) is 145 cm³/mol. The number of nitrogens with one attached hydrogen (secondary N) is 1. The molecule has 4 aliphatic rings. The van der Waals surface area contributed by atoms with Crippen molar-refractivity contribution < 1.29 is 19.1 Å². The van der Waals surface area contributed by atoms with Crippen LogP contribution < -0.4 is 10.1 Å². The average Bonchev–Trinajstić information content (AvgIpc) is 3.24. The van der Waals surface area contributed by atoms with E-state index in [0.29, 0.717) is 30.5 Å². The number of likely N-dealkylation sites (tertiary alicyclic amines) is 1. The van der Waals surface area contributed by atoms with E-state index in [0.717, 1.165) is 49.2 Å². The fraction of sp³-hybridized carbons (Fsp3) is 0.419. The minimum Gasteiger partial charge on any atom is -0.489 e. The van der Waals surface area contributed by atoms with Crippen LogP contribution >= 0.6 is 0 Å². The van der Waals surface area contributed by atoms with Crippen LogP contribution in [0.3, 0.4) is 0 Å². The number of hydrogen-bond acceptors (Lipinski definition) is 6. The van der Waals surface area contributed by atoms with Gasteiger partial charge in [0.15, 0.2) is 0 Å². The number of rotatable bonds is 5. The molecule has 0 radical (unpaired) electrons. The largest absolute Gasteiger partial charge is 0.489 e. The van der Waals surface area contributed by atoms with Crippen LogP contribution in [0.4, 0.5) is 0 Å². The van der Waals surface area contributed by atoms with Gasteiger partial charge in [-0.15, -0.1) is 0 Å². The molecule has 0 spiro atoms. The molecule has 8 heteroatoms. The minimum absolute atomic E-state index is 0.111. The van der Waals surface area contributed by atoms with Gasteiger partial charge >= 0.3 is 0 Å². The highest BCUT2D eigenvalue weighted by Gasteiger charge is 2.41. The normalized spacial score (nSPS) is 25.9. The van der Waals surface area contributed by atoms with E-state index in [9.17, 15) is 14.4 Å². The molecule has 3 atom stereocenters. The molecule has 200 valence electrons. The van der Waals surface area contributed by atoms with E-state index in [1.54, 1.807) is 4.90 Å². The summed E-state index contributed by atoms with van der Waals surface area (Å²) in [5.74, 6) is 0.476. The Balaban J connectivity index is 1.02. The number of piperidine rings is 1. The summed E-state index contributed by atoms with van der Waals surface area (Å²) in [6.07, 6.45) is 7.09. The van der Waals surface area contributed by atoms with Crippen molar-refractivity contribution in [2.45, 2.75) is 69.2 Å². The quantitative estimate of drug-likeness (QED) is 0.511. The molecule has 1 aromatic heterocycles. The highest BCUT2D eigenvalue weighted by Crippen LogP contribution is 2.37. The second kappa shape index (κ2) is 9.75. The molecule has 1 aliphatic carbocycles. The zero-order valence-corrected chi connectivity index (χ0v) is 21.8. The maximum absolute atomic E-state index is 13.0. The molecule has 2 aromatic carbocycles. The van der Waals surface area contributed by atoms with E-state index in [2.05, 4.69) is 39.5 Å². The zero-order valence-electron chi connectivity index (χ0n) is 21.8. The lowest BCUT2D eigenvalue weighted by Gasteiger charge is -2.48. The van der Waals surface area contributed by atoms with Gasteiger partial charge in [0.2, 0.25) is 11.8 Å². The van der Waals surface area contributed by atoms with Gasteiger partial charge in [-0.3, -0.25) is 29.6 Å². The number of benzene rings is 2. The van der Waals surface area contributed by atoms with Gasteiger partial charge in [0.05, 0.1) is 5.52 Å². The molecule has 1 unspecified atom stereocenters. The smallest absolute Gasteiger partial charge is 0.255 e. The van der Waals surface area contributed by atoms with E-state index in [1.807, 2.05) is 30.5 Å². The number of fused-ring (bicyclic) bond motifs is 2. The molecular weight excluding hydrogens is 492 g/mol. The van der Waals surface area contributed by atoms with Gasteiger partial charge in [-0.2, -0.15) is 0 Å². The fourth-order valence-corrected chi connectivity index (χ4v) is 6.76. The third-order valence-corrected chi connectivity index (χ3v) is 8.93. The summed E-state index contributed by atoms with van der Waals surface area (Å²) in [5.41, 5.74) is 3.90. The first-order chi connectivity index (χ1) is 19.0. The van der Waals surface area contributed by atoms with Crippen molar-refractivity contribution in [1.29, 1.82) is 0 Å². The lowest BCUT2D eigenvalue weighted by Crippen LogP contribution is -2.57. The Hall–Kier alpha value is -3.78. The molecule has 4 heterocycles. The lowest BCUT2D eigenvalue weighted by molar-refractivity contribution is -0.136. The van der Waals surface area contributed by atoms with Gasteiger partial charge in [-0.25, -0.2) is 0 Å². The van der Waals surface area contributed by atoms with Crippen molar-refractivity contribution in [3.8, 4) is 5.75 Å². The molecule has 3 aromatic rings. The summed E-state index contributed by atoms with van der Waals surface area (Å²) in [7, 11) is 0. The Bertz CT molecular complexity index is 1470. The molecule has 8 nitrogen and oxygen atoms in total. The molecule has 7 rings (SSSR count). The Kier molecular flexibility index (Phi) is 6.07. The standard InChI is InChI=1S/C31H32N4O4/c36-29-12-11-27(30(37)33-29)35-18-21-14-23(9-10-24(21)31(35)38)39-28-6-2-1-5-26(28)34-16-22(17-34)20-8-7-19-4-3-13-32-25(19)15-20/h3-4,7-10,13-15,22,26-28H,1-2,5-6,11-12,16-18H2,(H,33,36,37)/t26-,27?,28-/m0/s1. The molecule has 3 aliphatic heterocycles. The van der Waals surface area contributed by atoms with Crippen LogP contribution in [0.2, 0.25) is 0 Å². The first-order valence-corrected chi connectivity index (χ1v) is 14.1. The third kappa shape index (κ3) is 4.46. The molecule has 39 heavy (non-hydrogen) atoms. The van der Waals surface area contributed by atoms with Gasteiger partial charge in [0.25, 0.3) is 5.91 Å². The van der Waals surface area contributed by atoms with Crippen molar-refractivity contribution in [2.24, 2.45) is 0 Å². The summed E-state index contributed by atoms with van der Waals surface area (Å²) in [4.78, 5) is 45.6. The van der Waals surface area contributed by atoms with Gasteiger partial charge in [-0.1, -0.05) is 24.6 Å². The summed E-state index contributed by atoms with van der Waals surface area (Å²) in [6.45, 7) is 2.42. The molecule has 1 saturated carbocycles. The molecule has 1 N–H and O–H groups in total. The summed E-state index contributed by atoms with van der Waals surface area (Å²) in [6, 6.07) is 16.2. The van der Waals surface area contributed by atoms with Crippen molar-refractivity contribution in [2.75, 3.05) is 13.1 Å². The number of carbonyl (C=O) groups excluding carboxylic acids is 3. The Labute approximate surface area is 227 Å². The van der Waals surface area contributed by atoms with Gasteiger partial charge in [0, 0.05) is 55.2 Å². The van der Waals surface area contributed by atoms with Crippen LogP contribution in [0, 0.1) is 0 Å². The zero-order chi connectivity index (χ0) is 26.5. The minimum atomic E-state index is -0.604. The van der Waals surface area contributed by atoms with Gasteiger partial charge in [-0.05, 0) is 67.1 Å². The maximum Gasteiger partial charge on any atom is 0.255 e. The number of ether oxygens (including phenoxy) is 1. The van der Waals surface area contributed by atoms with E-state index < -0.39 is 6.04 Å². The van der Waals surface area contributed by atoms with E-state index in [4.69, 9.17) is 4.74 Å². The van der Waals surface area contributed by atoms with Crippen LogP contribution in [-0.2, 0) is 16.1 Å². The Morgan fingerprint density at radius 2 is 1.82 bits per heavy atom.